The third-order valence-corrected chi connectivity index (χ3v) is 9.99. The zero-order chi connectivity index (χ0) is 38.3. The number of amides is 1. The highest BCUT2D eigenvalue weighted by Crippen LogP contribution is 2.28. The Morgan fingerprint density at radius 2 is 1.70 bits per heavy atom. The average molecular weight is 755 g/mol. The molecule has 2 heterocycles. The van der Waals surface area contributed by atoms with E-state index in [1.54, 1.807) is 6.07 Å². The highest BCUT2D eigenvalue weighted by atomic mass is 32.1. The first-order valence-corrected chi connectivity index (χ1v) is 18.6. The SMILES string of the molecule is CCN(CC)CCN(CCNCCc1ccc(O)c2[nH]c(=O)sc12)C(=O)CCOCCc1cccc2ccccc12.O=C1O[C@H]([C@@H](O)CO)C(O)=C1O. The Bertz CT molecular complexity index is 1880. The summed E-state index contributed by atoms with van der Waals surface area (Å²) in [7, 11) is 0. The van der Waals surface area contributed by atoms with Crippen molar-refractivity contribution in [1.29, 1.82) is 0 Å². The molecule has 0 aliphatic carbocycles. The molecule has 1 aliphatic rings. The Kier molecular flexibility index (Phi) is 16.1. The number of phenols is 1. The van der Waals surface area contributed by atoms with Crippen LogP contribution in [0.3, 0.4) is 0 Å². The van der Waals surface area contributed by atoms with E-state index in [9.17, 15) is 19.5 Å². The van der Waals surface area contributed by atoms with Gasteiger partial charge in [-0.1, -0.05) is 73.7 Å². The van der Waals surface area contributed by atoms with Crippen molar-refractivity contribution < 1.29 is 44.6 Å². The molecule has 0 radical (unpaired) electrons. The molecule has 1 aromatic heterocycles. The van der Waals surface area contributed by atoms with E-state index in [2.05, 4.69) is 76.2 Å². The number of rotatable bonds is 19. The fourth-order valence-corrected chi connectivity index (χ4v) is 6.83. The van der Waals surface area contributed by atoms with Crippen LogP contribution >= 0.6 is 11.3 Å². The Hall–Kier alpha value is -4.51. The van der Waals surface area contributed by atoms with E-state index in [1.807, 2.05) is 11.0 Å². The van der Waals surface area contributed by atoms with Crippen molar-refractivity contribution in [3.63, 3.8) is 0 Å². The topological polar surface area (TPSA) is 205 Å². The predicted molar refractivity (Wildman–Crippen MR) is 203 cm³/mol. The Morgan fingerprint density at radius 1 is 0.943 bits per heavy atom. The van der Waals surface area contributed by atoms with E-state index < -0.39 is 36.3 Å². The summed E-state index contributed by atoms with van der Waals surface area (Å²) in [6, 6.07) is 18.2. The molecule has 15 heteroatoms. The Morgan fingerprint density at radius 3 is 2.42 bits per heavy atom. The average Bonchev–Trinajstić information content (AvgIpc) is 3.69. The summed E-state index contributed by atoms with van der Waals surface area (Å²) < 4.78 is 11.0. The van der Waals surface area contributed by atoms with Crippen molar-refractivity contribution in [2.45, 2.75) is 45.3 Å². The van der Waals surface area contributed by atoms with Crippen LogP contribution in [0.15, 0.2) is 70.9 Å². The van der Waals surface area contributed by atoms with Gasteiger partial charge in [-0.3, -0.25) is 9.59 Å². The van der Waals surface area contributed by atoms with Gasteiger partial charge in [0.2, 0.25) is 11.7 Å². The van der Waals surface area contributed by atoms with E-state index in [4.69, 9.17) is 25.2 Å². The fourth-order valence-electron chi connectivity index (χ4n) is 5.93. The molecule has 0 saturated heterocycles. The second-order valence-corrected chi connectivity index (χ2v) is 13.4. The molecule has 0 saturated carbocycles. The standard InChI is InChI=1S/C32H42N4O4S.C6H8O6/c1-3-35(4-2)20-21-36(19-18-33-17-14-26-12-13-28(37)30-31(26)41-32(39)34-30)29(38)16-23-40-22-15-25-10-7-9-24-8-5-6-11-27(24)25;7-1-2(8)5-3(9)4(10)6(11)12-5/h5-13,33,37H,3-4,14-23H2,1-2H3,(H,34,39);2,5,7-10H,1H2/t;2-,5+/m.0/s1. The van der Waals surface area contributed by atoms with Crippen molar-refractivity contribution in [2.75, 3.05) is 65.6 Å². The van der Waals surface area contributed by atoms with Gasteiger partial charge in [0.1, 0.15) is 17.4 Å². The number of aliphatic hydroxyl groups is 4. The summed E-state index contributed by atoms with van der Waals surface area (Å²) in [6.07, 6.45) is -0.868. The fraction of sp³-hybridized carbons (Fsp3) is 0.447. The van der Waals surface area contributed by atoms with Crippen molar-refractivity contribution in [3.05, 3.63) is 86.9 Å². The summed E-state index contributed by atoms with van der Waals surface area (Å²) in [5.41, 5.74) is 2.79. The first-order chi connectivity index (χ1) is 25.6. The summed E-state index contributed by atoms with van der Waals surface area (Å²) >= 11 is 1.12. The van der Waals surface area contributed by atoms with Crippen molar-refractivity contribution >= 4 is 44.2 Å². The number of aromatic nitrogens is 1. The lowest BCUT2D eigenvalue weighted by Crippen LogP contribution is -2.42. The van der Waals surface area contributed by atoms with E-state index >= 15 is 0 Å². The third-order valence-electron chi connectivity index (χ3n) is 9.03. The zero-order valence-corrected chi connectivity index (χ0v) is 30.9. The van der Waals surface area contributed by atoms with Gasteiger partial charge in [0.25, 0.3) is 0 Å². The van der Waals surface area contributed by atoms with Crippen LogP contribution < -0.4 is 10.2 Å². The van der Waals surface area contributed by atoms with E-state index in [-0.39, 0.29) is 16.5 Å². The molecule has 14 nitrogen and oxygen atoms in total. The van der Waals surface area contributed by atoms with Gasteiger partial charge in [-0.05, 0) is 60.4 Å². The van der Waals surface area contributed by atoms with Crippen LogP contribution in [0.5, 0.6) is 5.75 Å². The number of hydrogen-bond acceptors (Lipinski definition) is 13. The first kappa shape index (κ1) is 41.2. The molecule has 0 fully saturated rings. The first-order valence-electron chi connectivity index (χ1n) is 17.8. The summed E-state index contributed by atoms with van der Waals surface area (Å²) in [5, 5.41) is 51.0. The Labute approximate surface area is 311 Å². The number of fused-ring (bicyclic) bond motifs is 2. The normalized spacial score (nSPS) is 14.8. The lowest BCUT2D eigenvalue weighted by molar-refractivity contribution is -0.147. The van der Waals surface area contributed by atoms with Crippen molar-refractivity contribution in [1.82, 2.24) is 20.1 Å². The number of esters is 1. The number of cyclic esters (lactones) is 1. The molecule has 1 amide bonds. The number of benzene rings is 3. The van der Waals surface area contributed by atoms with Gasteiger partial charge in [-0.25, -0.2) is 4.79 Å². The summed E-state index contributed by atoms with van der Waals surface area (Å²) in [5.74, 6) is -2.57. The maximum Gasteiger partial charge on any atom is 0.377 e. The van der Waals surface area contributed by atoms with Crippen LogP contribution in [0.4, 0.5) is 0 Å². The number of ether oxygens (including phenoxy) is 2. The van der Waals surface area contributed by atoms with Gasteiger partial charge in [0.15, 0.2) is 11.9 Å². The molecular weight excluding hydrogens is 705 g/mol. The quantitative estimate of drug-likeness (QED) is 0.0546. The molecule has 5 rings (SSSR count). The van der Waals surface area contributed by atoms with Crippen LogP contribution in [-0.4, -0.2) is 130 Å². The molecular formula is C38H50N4O10S. The van der Waals surface area contributed by atoms with Crippen molar-refractivity contribution in [2.24, 2.45) is 0 Å². The number of hydrogen-bond donors (Lipinski definition) is 7. The van der Waals surface area contributed by atoms with E-state index in [0.717, 1.165) is 54.1 Å². The van der Waals surface area contributed by atoms with Crippen LogP contribution in [0.1, 0.15) is 31.4 Å². The minimum Gasteiger partial charge on any atom is -0.506 e. The van der Waals surface area contributed by atoms with Gasteiger partial charge in [-0.2, -0.15) is 0 Å². The van der Waals surface area contributed by atoms with E-state index in [1.165, 1.54) is 16.3 Å². The number of aliphatic hydroxyl groups excluding tert-OH is 4. The van der Waals surface area contributed by atoms with Crippen LogP contribution in [0.2, 0.25) is 0 Å². The number of carbonyl (C=O) groups is 2. The number of nitrogens with zero attached hydrogens (tertiary/aromatic N) is 2. The third kappa shape index (κ3) is 11.5. The van der Waals surface area contributed by atoms with Crippen LogP contribution in [-0.2, 0) is 31.9 Å². The minimum absolute atomic E-state index is 0.0926. The van der Waals surface area contributed by atoms with Crippen LogP contribution in [0, 0.1) is 0 Å². The highest BCUT2D eigenvalue weighted by Gasteiger charge is 2.38. The molecule has 288 valence electrons. The largest absolute Gasteiger partial charge is 0.506 e. The number of aromatic amines is 1. The highest BCUT2D eigenvalue weighted by molar-refractivity contribution is 7.16. The lowest BCUT2D eigenvalue weighted by Gasteiger charge is -2.27. The maximum atomic E-state index is 13.2. The second-order valence-electron chi connectivity index (χ2n) is 12.4. The van der Waals surface area contributed by atoms with Crippen molar-refractivity contribution in [3.8, 4) is 5.75 Å². The molecule has 53 heavy (non-hydrogen) atoms. The number of nitrogens with one attached hydrogen (secondary N) is 2. The minimum atomic E-state index is -1.42. The number of aromatic hydroxyl groups is 1. The molecule has 0 spiro atoms. The summed E-state index contributed by atoms with van der Waals surface area (Å²) in [6.45, 7) is 10.1. The molecule has 4 aromatic rings. The maximum absolute atomic E-state index is 13.2. The second kappa shape index (κ2) is 20.7. The summed E-state index contributed by atoms with van der Waals surface area (Å²) in [4.78, 5) is 42.3. The smallest absolute Gasteiger partial charge is 0.377 e. The molecule has 2 atom stereocenters. The van der Waals surface area contributed by atoms with Gasteiger partial charge in [0.05, 0.1) is 30.9 Å². The van der Waals surface area contributed by atoms with Gasteiger partial charge >= 0.3 is 10.8 Å². The monoisotopic (exact) mass is 754 g/mol. The number of H-pyrrole nitrogens is 1. The van der Waals surface area contributed by atoms with Gasteiger partial charge in [0, 0.05) is 26.2 Å². The Balaban J connectivity index is 0.000000443. The van der Waals surface area contributed by atoms with E-state index in [0.29, 0.717) is 51.3 Å². The molecule has 0 unspecified atom stereocenters. The molecule has 1 aliphatic heterocycles. The predicted octanol–water partition coefficient (Wildman–Crippen LogP) is 2.99. The van der Waals surface area contributed by atoms with Crippen LogP contribution in [0.25, 0.3) is 21.0 Å². The number of phenolic OH excluding ortho intramolecular Hbond substituents is 1. The number of likely N-dealkylation sites (N-methyl/N-ethyl adjacent to an activating group) is 1. The molecule has 0 bridgehead atoms. The number of carbonyl (C=O) groups excluding carboxylic acids is 2. The van der Waals surface area contributed by atoms with Gasteiger partial charge in [-0.15, -0.1) is 0 Å². The number of thiazole rings is 1. The molecule has 3 aromatic carbocycles. The molecule has 7 N–H and O–H groups in total. The zero-order valence-electron chi connectivity index (χ0n) is 30.1. The van der Waals surface area contributed by atoms with Gasteiger partial charge < -0.3 is 55.1 Å². The lowest BCUT2D eigenvalue weighted by atomic mass is 10.0.